The fraction of sp³-hybridized carbons (Fsp3) is 0.143. The first kappa shape index (κ1) is 14.6. The Morgan fingerprint density at radius 3 is 2.42 bits per heavy atom. The molecule has 2 aromatic carbocycles. The van der Waals surface area contributed by atoms with E-state index in [1.807, 2.05) is 42.5 Å². The van der Waals surface area contributed by atoms with E-state index in [9.17, 15) is 4.21 Å². The average Bonchev–Trinajstić information content (AvgIpc) is 2.36. The zero-order valence-corrected chi connectivity index (χ0v) is 13.3. The maximum absolute atomic E-state index is 12.1. The number of nitrogens with two attached hydrogens (primary N) is 1. The molecule has 0 aromatic heterocycles. The quantitative estimate of drug-likeness (QED) is 0.835. The van der Waals surface area contributed by atoms with E-state index in [4.69, 9.17) is 17.3 Å². The highest BCUT2D eigenvalue weighted by Crippen LogP contribution is 2.22. The second-order valence-electron chi connectivity index (χ2n) is 4.21. The van der Waals surface area contributed by atoms with Crippen LogP contribution >= 0.6 is 27.5 Å². The molecule has 0 fully saturated rings. The molecule has 2 rings (SSSR count). The zero-order valence-electron chi connectivity index (χ0n) is 10.1. The smallest absolute Gasteiger partial charge is 0.0500 e. The van der Waals surface area contributed by atoms with E-state index >= 15 is 0 Å². The van der Waals surface area contributed by atoms with E-state index in [1.54, 1.807) is 0 Å². The number of hydrogen-bond donors (Lipinski definition) is 1. The van der Waals surface area contributed by atoms with Gasteiger partial charge in [-0.1, -0.05) is 45.7 Å². The fourth-order valence-electron chi connectivity index (χ4n) is 1.67. The average molecular weight is 359 g/mol. The fourth-order valence-corrected chi connectivity index (χ4v) is 3.78. The molecule has 0 heterocycles. The monoisotopic (exact) mass is 357 g/mol. The van der Waals surface area contributed by atoms with Crippen LogP contribution in [0.3, 0.4) is 0 Å². The topological polar surface area (TPSA) is 43.1 Å². The van der Waals surface area contributed by atoms with Gasteiger partial charge in [0.05, 0.1) is 0 Å². The van der Waals surface area contributed by atoms with Crippen molar-refractivity contribution in [2.45, 2.75) is 11.5 Å². The summed E-state index contributed by atoms with van der Waals surface area (Å²) in [6, 6.07) is 13.0. The van der Waals surface area contributed by atoms with Crippen LogP contribution < -0.4 is 5.73 Å². The molecule has 0 aliphatic rings. The minimum atomic E-state index is -0.959. The maximum atomic E-state index is 12.1. The number of rotatable bonds is 4. The molecule has 2 N–H and O–H groups in total. The summed E-state index contributed by atoms with van der Waals surface area (Å²) >= 11 is 9.26. The standard InChI is InChI=1S/C14H13BrClNOS/c15-14-7-13(17)6-3-11(14)9-19(18)8-10-1-4-12(16)5-2-10/h1-7H,8-9,17H2. The molecule has 0 saturated heterocycles. The van der Waals surface area contributed by atoms with E-state index in [0.29, 0.717) is 22.2 Å². The van der Waals surface area contributed by atoms with Crippen molar-refractivity contribution in [3.63, 3.8) is 0 Å². The van der Waals surface area contributed by atoms with E-state index in [1.165, 1.54) is 0 Å². The Morgan fingerprint density at radius 2 is 1.79 bits per heavy atom. The van der Waals surface area contributed by atoms with Gasteiger partial charge in [-0.25, -0.2) is 0 Å². The SMILES string of the molecule is Nc1ccc(CS(=O)Cc2ccc(Cl)cc2)c(Br)c1. The van der Waals surface area contributed by atoms with Crippen LogP contribution in [0, 0.1) is 0 Å². The van der Waals surface area contributed by atoms with Gasteiger partial charge in [0.25, 0.3) is 0 Å². The van der Waals surface area contributed by atoms with Crippen molar-refractivity contribution in [1.29, 1.82) is 0 Å². The molecule has 0 bridgehead atoms. The summed E-state index contributed by atoms with van der Waals surface area (Å²) in [5.41, 5.74) is 8.40. The molecule has 0 radical (unpaired) electrons. The highest BCUT2D eigenvalue weighted by Gasteiger charge is 2.07. The molecule has 100 valence electrons. The number of nitrogen functional groups attached to an aromatic ring is 1. The van der Waals surface area contributed by atoms with Gasteiger partial charge in [0, 0.05) is 37.5 Å². The second kappa shape index (κ2) is 6.55. The van der Waals surface area contributed by atoms with Gasteiger partial charge >= 0.3 is 0 Å². The van der Waals surface area contributed by atoms with Crippen molar-refractivity contribution in [3.8, 4) is 0 Å². The molecule has 1 atom stereocenters. The number of anilines is 1. The first-order chi connectivity index (χ1) is 9.04. The Hall–Kier alpha value is -0.840. The zero-order chi connectivity index (χ0) is 13.8. The first-order valence-electron chi connectivity index (χ1n) is 5.68. The van der Waals surface area contributed by atoms with E-state index in [0.717, 1.165) is 15.6 Å². The molecule has 0 amide bonds. The normalized spacial score (nSPS) is 12.3. The third kappa shape index (κ3) is 4.34. The van der Waals surface area contributed by atoms with Crippen LogP contribution in [0.2, 0.25) is 5.02 Å². The summed E-state index contributed by atoms with van der Waals surface area (Å²) in [6.07, 6.45) is 0. The highest BCUT2D eigenvalue weighted by atomic mass is 79.9. The summed E-state index contributed by atoms with van der Waals surface area (Å²) < 4.78 is 13.0. The molecule has 5 heteroatoms. The van der Waals surface area contributed by atoms with Crippen molar-refractivity contribution >= 4 is 44.0 Å². The van der Waals surface area contributed by atoms with Crippen molar-refractivity contribution in [2.24, 2.45) is 0 Å². The predicted molar refractivity (Wildman–Crippen MR) is 85.6 cm³/mol. The minimum absolute atomic E-state index is 0.503. The van der Waals surface area contributed by atoms with Crippen molar-refractivity contribution in [1.82, 2.24) is 0 Å². The highest BCUT2D eigenvalue weighted by molar-refractivity contribution is 9.10. The number of benzene rings is 2. The first-order valence-corrected chi connectivity index (χ1v) is 8.34. The van der Waals surface area contributed by atoms with Gasteiger partial charge in [0.15, 0.2) is 0 Å². The van der Waals surface area contributed by atoms with Crippen LogP contribution in [0.15, 0.2) is 46.9 Å². The van der Waals surface area contributed by atoms with Gasteiger partial charge in [-0.15, -0.1) is 0 Å². The van der Waals surface area contributed by atoms with Crippen molar-refractivity contribution in [3.05, 3.63) is 63.1 Å². The number of hydrogen-bond acceptors (Lipinski definition) is 2. The van der Waals surface area contributed by atoms with Crippen molar-refractivity contribution < 1.29 is 4.21 Å². The van der Waals surface area contributed by atoms with Gasteiger partial charge in [-0.3, -0.25) is 4.21 Å². The second-order valence-corrected chi connectivity index (χ2v) is 6.95. The van der Waals surface area contributed by atoms with Gasteiger partial charge in [0.1, 0.15) is 0 Å². The summed E-state index contributed by atoms with van der Waals surface area (Å²) in [7, 11) is -0.959. The lowest BCUT2D eigenvalue weighted by Crippen LogP contribution is -2.00. The Balaban J connectivity index is 2.03. The molecule has 2 nitrogen and oxygen atoms in total. The molecular weight excluding hydrogens is 346 g/mol. The molecule has 0 spiro atoms. The summed E-state index contributed by atoms with van der Waals surface area (Å²) in [5.74, 6) is 1.03. The molecule has 0 aliphatic heterocycles. The van der Waals surface area contributed by atoms with E-state index in [-0.39, 0.29) is 0 Å². The molecule has 0 saturated carbocycles. The Bertz CT molecular complexity index is 601. The van der Waals surface area contributed by atoms with Gasteiger partial charge in [-0.05, 0) is 35.4 Å². The van der Waals surface area contributed by atoms with E-state index in [2.05, 4.69) is 15.9 Å². The molecule has 1 unspecified atom stereocenters. The lowest BCUT2D eigenvalue weighted by Gasteiger charge is -2.06. The van der Waals surface area contributed by atoms with Crippen LogP contribution in [0.1, 0.15) is 11.1 Å². The maximum Gasteiger partial charge on any atom is 0.0500 e. The van der Waals surface area contributed by atoms with E-state index < -0.39 is 10.8 Å². The molecule has 2 aromatic rings. The minimum Gasteiger partial charge on any atom is -0.399 e. The number of halogens is 2. The third-order valence-electron chi connectivity index (χ3n) is 2.63. The van der Waals surface area contributed by atoms with Gasteiger partial charge < -0.3 is 5.73 Å². The van der Waals surface area contributed by atoms with Gasteiger partial charge in [-0.2, -0.15) is 0 Å². The molecule has 0 aliphatic carbocycles. The lowest BCUT2D eigenvalue weighted by molar-refractivity contribution is 0.682. The summed E-state index contributed by atoms with van der Waals surface area (Å²) in [4.78, 5) is 0. The predicted octanol–water partition coefficient (Wildman–Crippen LogP) is 4.13. The molecular formula is C14H13BrClNOS. The van der Waals surface area contributed by atoms with Crippen molar-refractivity contribution in [2.75, 3.05) is 5.73 Å². The van der Waals surface area contributed by atoms with Crippen LogP contribution in [0.4, 0.5) is 5.69 Å². The Labute approximate surface area is 128 Å². The van der Waals surface area contributed by atoms with Crippen LogP contribution in [-0.2, 0) is 22.3 Å². The Morgan fingerprint density at radius 1 is 1.11 bits per heavy atom. The lowest BCUT2D eigenvalue weighted by atomic mass is 10.2. The van der Waals surface area contributed by atoms with Crippen LogP contribution in [0.25, 0.3) is 0 Å². The molecule has 19 heavy (non-hydrogen) atoms. The summed E-state index contributed by atoms with van der Waals surface area (Å²) in [5, 5.41) is 0.691. The van der Waals surface area contributed by atoms with Crippen LogP contribution in [0.5, 0.6) is 0 Å². The Kier molecular flexibility index (Phi) is 5.02. The summed E-state index contributed by atoms with van der Waals surface area (Å²) in [6.45, 7) is 0. The van der Waals surface area contributed by atoms with Crippen LogP contribution in [-0.4, -0.2) is 4.21 Å². The van der Waals surface area contributed by atoms with Gasteiger partial charge in [0.2, 0.25) is 0 Å². The third-order valence-corrected chi connectivity index (χ3v) is 4.91. The largest absolute Gasteiger partial charge is 0.399 e.